The monoisotopic (exact) mass is 101 g/mol. The van der Waals surface area contributed by atoms with Crippen LogP contribution < -0.4 is 0 Å². The molecule has 1 aliphatic rings. The molecule has 2 heteroatoms. The molecule has 0 fully saturated rings. The van der Waals surface area contributed by atoms with E-state index in [0.717, 1.165) is 6.54 Å². The van der Waals surface area contributed by atoms with Gasteiger partial charge in [0.15, 0.2) is 0 Å². The molecule has 0 saturated carbocycles. The van der Waals surface area contributed by atoms with Crippen molar-refractivity contribution in [3.8, 4) is 0 Å². The first-order valence-corrected chi connectivity index (χ1v) is 3.51. The van der Waals surface area contributed by atoms with Gasteiger partial charge in [0.05, 0.1) is 0 Å². The average Bonchev–Trinajstić information content (AvgIpc) is 1.86. The van der Waals surface area contributed by atoms with Gasteiger partial charge < -0.3 is 0 Å². The van der Waals surface area contributed by atoms with Crippen LogP contribution in [0.15, 0.2) is 4.99 Å². The highest BCUT2D eigenvalue weighted by atomic mass is 32.2. The van der Waals surface area contributed by atoms with E-state index in [2.05, 4.69) is 10.9 Å². The Morgan fingerprint density at radius 1 is 1.83 bits per heavy atom. The Hall–Kier alpha value is -0.110. The summed E-state index contributed by atoms with van der Waals surface area (Å²) >= 11 is 0. The molecule has 0 aromatic rings. The highest BCUT2D eigenvalue weighted by molar-refractivity contribution is 8.25. The highest BCUT2D eigenvalue weighted by Gasteiger charge is 1.91. The van der Waals surface area contributed by atoms with Crippen molar-refractivity contribution in [3.63, 3.8) is 0 Å². The third kappa shape index (κ3) is 0.684. The van der Waals surface area contributed by atoms with Gasteiger partial charge in [0, 0.05) is 17.8 Å². The van der Waals surface area contributed by atoms with E-state index in [1.165, 1.54) is 5.75 Å². The smallest absolute Gasteiger partial charge is 0.0484 e. The molecular formula is C4H7NS. The second-order valence-electron chi connectivity index (χ2n) is 1.25. The van der Waals surface area contributed by atoms with Gasteiger partial charge in [0.25, 0.3) is 0 Å². The van der Waals surface area contributed by atoms with E-state index in [1.807, 2.05) is 5.55 Å². The van der Waals surface area contributed by atoms with Gasteiger partial charge in [-0.2, -0.15) is 0 Å². The van der Waals surface area contributed by atoms with Crippen LogP contribution in [0.3, 0.4) is 0 Å². The summed E-state index contributed by atoms with van der Waals surface area (Å²) in [6.07, 6.45) is 0. The molecule has 1 nitrogen and oxygen atoms in total. The zero-order valence-electron chi connectivity index (χ0n) is 3.55. The van der Waals surface area contributed by atoms with E-state index < -0.39 is 0 Å². The van der Waals surface area contributed by atoms with Gasteiger partial charge in [-0.15, -0.1) is 10.5 Å². The highest BCUT2D eigenvalue weighted by Crippen LogP contribution is 2.08. The summed E-state index contributed by atoms with van der Waals surface area (Å²) < 4.78 is 0. The third-order valence-electron chi connectivity index (χ3n) is 0.706. The SMILES string of the molecule is C=S1C=NCC1. The van der Waals surface area contributed by atoms with Crippen molar-refractivity contribution in [3.05, 3.63) is 0 Å². The number of hydrogen-bond acceptors (Lipinski definition) is 1. The van der Waals surface area contributed by atoms with Crippen molar-refractivity contribution in [2.75, 3.05) is 12.3 Å². The van der Waals surface area contributed by atoms with Crippen molar-refractivity contribution in [1.82, 2.24) is 0 Å². The molecule has 0 aliphatic carbocycles. The quantitative estimate of drug-likeness (QED) is 0.399. The molecule has 0 aromatic heterocycles. The second-order valence-corrected chi connectivity index (χ2v) is 2.95. The maximum atomic E-state index is 3.99. The van der Waals surface area contributed by atoms with E-state index in [4.69, 9.17) is 0 Å². The fourth-order valence-electron chi connectivity index (χ4n) is 0.381. The molecule has 1 rings (SSSR count). The lowest BCUT2D eigenvalue weighted by Gasteiger charge is -1.79. The summed E-state index contributed by atoms with van der Waals surface area (Å²) in [5.41, 5.74) is 1.94. The molecule has 0 aromatic carbocycles. The van der Waals surface area contributed by atoms with Crippen LogP contribution >= 0.6 is 10.5 Å². The van der Waals surface area contributed by atoms with Gasteiger partial charge in [-0.3, -0.25) is 4.99 Å². The van der Waals surface area contributed by atoms with Gasteiger partial charge in [-0.05, 0) is 0 Å². The van der Waals surface area contributed by atoms with Crippen LogP contribution in [0, 0.1) is 0 Å². The minimum atomic E-state index is 0.285. The van der Waals surface area contributed by atoms with Crippen molar-refractivity contribution in [2.24, 2.45) is 4.99 Å². The van der Waals surface area contributed by atoms with Gasteiger partial charge in [-0.25, -0.2) is 0 Å². The lowest BCUT2D eigenvalue weighted by Crippen LogP contribution is -1.72. The summed E-state index contributed by atoms with van der Waals surface area (Å²) in [4.78, 5) is 3.99. The van der Waals surface area contributed by atoms with Gasteiger partial charge in [-0.1, -0.05) is 5.87 Å². The predicted molar refractivity (Wildman–Crippen MR) is 32.9 cm³/mol. The third-order valence-corrected chi connectivity index (χ3v) is 1.86. The van der Waals surface area contributed by atoms with E-state index >= 15 is 0 Å². The fraction of sp³-hybridized carbons (Fsp3) is 0.500. The number of nitrogens with zero attached hydrogens (tertiary/aromatic N) is 1. The maximum absolute atomic E-state index is 3.99. The van der Waals surface area contributed by atoms with Crippen LogP contribution in [0.1, 0.15) is 0 Å². The molecule has 1 heterocycles. The Kier molecular flexibility index (Phi) is 1.05. The van der Waals surface area contributed by atoms with Crippen LogP contribution in [-0.4, -0.2) is 23.7 Å². The minimum absolute atomic E-state index is 0.285. The van der Waals surface area contributed by atoms with Crippen molar-refractivity contribution in [2.45, 2.75) is 0 Å². The summed E-state index contributed by atoms with van der Waals surface area (Å²) in [5, 5.41) is 0. The Balaban J connectivity index is 2.59. The number of aliphatic imine (C=N–C) groups is 1. The Bertz CT molecular complexity index is 95.7. The lowest BCUT2D eigenvalue weighted by atomic mass is 10.8. The molecule has 0 bridgehead atoms. The fourth-order valence-corrected chi connectivity index (χ4v) is 1.14. The van der Waals surface area contributed by atoms with E-state index in [9.17, 15) is 0 Å². The lowest BCUT2D eigenvalue weighted by molar-refractivity contribution is 1.18. The molecular weight excluding hydrogens is 94.1 g/mol. The average molecular weight is 101 g/mol. The van der Waals surface area contributed by atoms with Crippen molar-refractivity contribution >= 4 is 21.9 Å². The number of rotatable bonds is 0. The Morgan fingerprint density at radius 2 is 2.67 bits per heavy atom. The first kappa shape index (κ1) is 4.06. The van der Waals surface area contributed by atoms with Crippen LogP contribution in [0.25, 0.3) is 0 Å². The predicted octanol–water partition coefficient (Wildman–Crippen LogP) is 0.729. The zero-order chi connectivity index (χ0) is 4.41. The summed E-state index contributed by atoms with van der Waals surface area (Å²) in [6.45, 7) is 1.01. The zero-order valence-corrected chi connectivity index (χ0v) is 4.37. The van der Waals surface area contributed by atoms with Crippen LogP contribution in [-0.2, 0) is 0 Å². The van der Waals surface area contributed by atoms with E-state index in [-0.39, 0.29) is 10.5 Å². The molecule has 0 saturated heterocycles. The topological polar surface area (TPSA) is 12.4 Å². The summed E-state index contributed by atoms with van der Waals surface area (Å²) in [5.74, 6) is 5.00. The second kappa shape index (κ2) is 1.56. The molecule has 0 spiro atoms. The molecule has 0 amide bonds. The Labute approximate surface area is 40.0 Å². The van der Waals surface area contributed by atoms with Crippen LogP contribution in [0.5, 0.6) is 0 Å². The molecule has 0 radical (unpaired) electrons. The largest absolute Gasteiger partial charge is 0.286 e. The summed E-state index contributed by atoms with van der Waals surface area (Å²) in [7, 11) is 0.285. The van der Waals surface area contributed by atoms with Gasteiger partial charge in [0.2, 0.25) is 0 Å². The van der Waals surface area contributed by atoms with Gasteiger partial charge >= 0.3 is 0 Å². The van der Waals surface area contributed by atoms with Crippen molar-refractivity contribution < 1.29 is 0 Å². The minimum Gasteiger partial charge on any atom is -0.286 e. The van der Waals surface area contributed by atoms with Crippen LogP contribution in [0.4, 0.5) is 0 Å². The Morgan fingerprint density at radius 3 is 2.83 bits per heavy atom. The first-order chi connectivity index (χ1) is 2.89. The summed E-state index contributed by atoms with van der Waals surface area (Å²) in [6, 6.07) is 0. The van der Waals surface area contributed by atoms with Gasteiger partial charge in [0.1, 0.15) is 0 Å². The molecule has 34 valence electrons. The molecule has 1 aliphatic heterocycles. The maximum Gasteiger partial charge on any atom is 0.0484 e. The normalized spacial score (nSPS) is 31.7. The van der Waals surface area contributed by atoms with Crippen molar-refractivity contribution in [1.29, 1.82) is 0 Å². The molecule has 1 atom stereocenters. The number of hydrogen-bond donors (Lipinski definition) is 0. The molecule has 6 heavy (non-hydrogen) atoms. The standard InChI is InChI=1S/C4H7NS/c1-6-3-2-5-4-6/h4H,1-3H2. The van der Waals surface area contributed by atoms with Crippen LogP contribution in [0.2, 0.25) is 0 Å². The van der Waals surface area contributed by atoms with E-state index in [1.54, 1.807) is 0 Å². The first-order valence-electron chi connectivity index (χ1n) is 1.89. The molecule has 1 unspecified atom stereocenters. The molecule has 0 N–H and O–H groups in total. The van der Waals surface area contributed by atoms with E-state index in [0.29, 0.717) is 0 Å².